The lowest BCUT2D eigenvalue weighted by Crippen LogP contribution is -2.20. The lowest BCUT2D eigenvalue weighted by Gasteiger charge is -2.22. The summed E-state index contributed by atoms with van der Waals surface area (Å²) in [5.74, 6) is 0.323. The van der Waals surface area contributed by atoms with E-state index in [9.17, 15) is 14.9 Å². The van der Waals surface area contributed by atoms with E-state index < -0.39 is 11.9 Å². The number of hydrogen-bond acceptors (Lipinski definition) is 6. The minimum absolute atomic E-state index is 0.182. The maximum Gasteiger partial charge on any atom is 0.348 e. The molecule has 1 aromatic heterocycles. The number of nitrogens with one attached hydrogen (secondary N) is 1. The normalized spacial score (nSPS) is 14.1. The van der Waals surface area contributed by atoms with Crippen LogP contribution < -0.4 is 10.1 Å². The lowest BCUT2D eigenvalue weighted by molar-refractivity contribution is -0.118. The van der Waals surface area contributed by atoms with E-state index >= 15 is 0 Å². The quantitative estimate of drug-likeness (QED) is 0.690. The summed E-state index contributed by atoms with van der Waals surface area (Å²) in [6.45, 7) is 1.47. The largest absolute Gasteiger partial charge is 0.484 e. The molecule has 6 nitrogen and oxygen atoms in total. The van der Waals surface area contributed by atoms with Crippen molar-refractivity contribution in [1.82, 2.24) is 0 Å². The Labute approximate surface area is 174 Å². The van der Waals surface area contributed by atoms with Gasteiger partial charge in [0, 0.05) is 0 Å². The predicted octanol–water partition coefficient (Wildman–Crippen LogP) is 4.78. The molecule has 0 saturated heterocycles. The van der Waals surface area contributed by atoms with Gasteiger partial charge in [0.25, 0.3) is 5.91 Å². The summed E-state index contributed by atoms with van der Waals surface area (Å²) >= 11 is 1.03. The van der Waals surface area contributed by atoms with E-state index in [0.29, 0.717) is 27.1 Å². The number of nitrogens with zero attached hydrogens (tertiary/aromatic N) is 1. The summed E-state index contributed by atoms with van der Waals surface area (Å²) in [6.07, 6.45) is 6.36. The second-order valence-corrected chi connectivity index (χ2v) is 8.13. The van der Waals surface area contributed by atoms with E-state index in [1.807, 2.05) is 18.2 Å². The number of thiophene rings is 1. The van der Waals surface area contributed by atoms with Crippen LogP contribution in [-0.4, -0.2) is 25.6 Å². The number of benzene rings is 1. The van der Waals surface area contributed by atoms with Crippen molar-refractivity contribution in [2.75, 3.05) is 19.0 Å². The van der Waals surface area contributed by atoms with Gasteiger partial charge in [-0.3, -0.25) is 4.79 Å². The molecule has 1 heterocycles. The summed E-state index contributed by atoms with van der Waals surface area (Å²) in [7, 11) is 1.28. The molecule has 1 saturated carbocycles. The molecule has 3 rings (SSSR count). The Kier molecular flexibility index (Phi) is 6.89. The molecule has 0 bridgehead atoms. The fourth-order valence-corrected chi connectivity index (χ4v) is 4.70. The van der Waals surface area contributed by atoms with Crippen LogP contribution in [0.25, 0.3) is 0 Å². The van der Waals surface area contributed by atoms with E-state index in [0.717, 1.165) is 11.3 Å². The fraction of sp³-hybridized carbons (Fsp3) is 0.409. The van der Waals surface area contributed by atoms with Crippen LogP contribution in [0.5, 0.6) is 5.75 Å². The second kappa shape index (κ2) is 9.57. The molecule has 0 atom stereocenters. The third-order valence-corrected chi connectivity index (χ3v) is 6.40. The first-order valence-corrected chi connectivity index (χ1v) is 10.5. The molecule has 1 aliphatic rings. The van der Waals surface area contributed by atoms with Crippen LogP contribution in [0.2, 0.25) is 0 Å². The highest BCUT2D eigenvalue weighted by Gasteiger charge is 2.22. The van der Waals surface area contributed by atoms with Gasteiger partial charge >= 0.3 is 5.97 Å². The van der Waals surface area contributed by atoms with E-state index in [1.165, 1.54) is 44.8 Å². The predicted molar refractivity (Wildman–Crippen MR) is 112 cm³/mol. The zero-order chi connectivity index (χ0) is 20.8. The molecule has 1 fully saturated rings. The molecule has 1 aromatic carbocycles. The number of amides is 1. The van der Waals surface area contributed by atoms with E-state index in [1.54, 1.807) is 6.92 Å². The summed E-state index contributed by atoms with van der Waals surface area (Å²) in [5, 5.41) is 12.3. The molecular weight excluding hydrogens is 388 g/mol. The Morgan fingerprint density at radius 3 is 2.52 bits per heavy atom. The van der Waals surface area contributed by atoms with E-state index in [2.05, 4.69) is 17.4 Å². The van der Waals surface area contributed by atoms with Crippen molar-refractivity contribution in [2.24, 2.45) is 0 Å². The molecule has 2 aromatic rings. The molecular formula is C22H24N2O4S. The molecule has 0 unspecified atom stereocenters. The first kappa shape index (κ1) is 20.9. The highest BCUT2D eigenvalue weighted by molar-refractivity contribution is 7.18. The second-order valence-electron chi connectivity index (χ2n) is 7.10. The first-order chi connectivity index (χ1) is 14.0. The third-order valence-electron chi connectivity index (χ3n) is 5.21. The van der Waals surface area contributed by atoms with Crippen molar-refractivity contribution in [3.63, 3.8) is 0 Å². The van der Waals surface area contributed by atoms with Gasteiger partial charge in [0.15, 0.2) is 6.61 Å². The van der Waals surface area contributed by atoms with Crippen LogP contribution in [0.3, 0.4) is 0 Å². The number of esters is 1. The summed E-state index contributed by atoms with van der Waals surface area (Å²) < 4.78 is 10.3. The molecule has 1 N–H and O–H groups in total. The number of methoxy groups -OCH3 is 1. The molecule has 0 radical (unpaired) electrons. The Balaban J connectivity index is 1.59. The zero-order valence-corrected chi connectivity index (χ0v) is 17.4. The Hall–Kier alpha value is -2.85. The first-order valence-electron chi connectivity index (χ1n) is 9.68. The van der Waals surface area contributed by atoms with Crippen LogP contribution in [-0.2, 0) is 9.53 Å². The average molecular weight is 413 g/mol. The van der Waals surface area contributed by atoms with Gasteiger partial charge in [-0.25, -0.2) is 4.79 Å². The molecule has 1 aliphatic carbocycles. The van der Waals surface area contributed by atoms with Crippen LogP contribution in [0.15, 0.2) is 24.3 Å². The monoisotopic (exact) mass is 412 g/mol. The third kappa shape index (κ3) is 4.96. The number of hydrogen-bond donors (Lipinski definition) is 1. The Morgan fingerprint density at radius 1 is 1.21 bits per heavy atom. The van der Waals surface area contributed by atoms with Gasteiger partial charge in [-0.05, 0) is 48.9 Å². The van der Waals surface area contributed by atoms with Crippen molar-refractivity contribution < 1.29 is 19.1 Å². The topological polar surface area (TPSA) is 88.4 Å². The maximum atomic E-state index is 12.3. The SMILES string of the molecule is COC(=O)c1sc(NC(=O)COc2ccc(C3CCCCC3)cc2)c(C#N)c1C. The number of anilines is 1. The van der Waals surface area contributed by atoms with Crippen molar-refractivity contribution in [1.29, 1.82) is 5.26 Å². The average Bonchev–Trinajstić information content (AvgIpc) is 3.07. The standard InChI is InChI=1S/C22H24N2O4S/c1-14-18(12-23)21(29-20(14)22(26)27-2)24-19(25)13-28-17-10-8-16(9-11-17)15-6-4-3-5-7-15/h8-11,15H,3-7,13H2,1-2H3,(H,24,25). The number of ether oxygens (including phenoxy) is 2. The summed E-state index contributed by atoms with van der Waals surface area (Å²) in [6, 6.07) is 9.95. The smallest absolute Gasteiger partial charge is 0.348 e. The molecule has 0 spiro atoms. The Bertz CT molecular complexity index is 922. The van der Waals surface area contributed by atoms with Gasteiger partial charge in [-0.1, -0.05) is 31.4 Å². The van der Waals surface area contributed by atoms with Gasteiger partial charge in [-0.2, -0.15) is 5.26 Å². The summed E-state index contributed by atoms with van der Waals surface area (Å²) in [5.41, 5.74) is 2.09. The number of nitriles is 1. The highest BCUT2D eigenvalue weighted by Crippen LogP contribution is 2.34. The van der Waals surface area contributed by atoms with Crippen LogP contribution in [0.4, 0.5) is 5.00 Å². The zero-order valence-electron chi connectivity index (χ0n) is 16.6. The van der Waals surface area contributed by atoms with Crippen molar-refractivity contribution in [3.05, 3.63) is 45.8 Å². The Morgan fingerprint density at radius 2 is 1.90 bits per heavy atom. The van der Waals surface area contributed by atoms with Crippen LogP contribution in [0, 0.1) is 18.3 Å². The molecule has 0 aliphatic heterocycles. The van der Waals surface area contributed by atoms with Crippen LogP contribution >= 0.6 is 11.3 Å². The molecule has 1 amide bonds. The minimum atomic E-state index is -0.529. The van der Waals surface area contributed by atoms with E-state index in [-0.39, 0.29) is 12.2 Å². The van der Waals surface area contributed by atoms with Crippen LogP contribution in [0.1, 0.15) is 64.4 Å². The van der Waals surface area contributed by atoms with Gasteiger partial charge < -0.3 is 14.8 Å². The van der Waals surface area contributed by atoms with E-state index in [4.69, 9.17) is 9.47 Å². The molecule has 29 heavy (non-hydrogen) atoms. The van der Waals surface area contributed by atoms with Crippen molar-refractivity contribution in [2.45, 2.75) is 44.9 Å². The van der Waals surface area contributed by atoms with Crippen molar-refractivity contribution >= 4 is 28.2 Å². The number of carbonyl (C=O) groups is 2. The molecule has 7 heteroatoms. The number of carbonyl (C=O) groups excluding carboxylic acids is 2. The highest BCUT2D eigenvalue weighted by atomic mass is 32.1. The van der Waals surface area contributed by atoms with Gasteiger partial charge in [0.05, 0.1) is 12.7 Å². The van der Waals surface area contributed by atoms with Gasteiger partial charge in [0.1, 0.15) is 21.7 Å². The minimum Gasteiger partial charge on any atom is -0.484 e. The lowest BCUT2D eigenvalue weighted by atomic mass is 9.84. The number of rotatable bonds is 6. The molecule has 152 valence electrons. The fourth-order valence-electron chi connectivity index (χ4n) is 3.61. The summed E-state index contributed by atoms with van der Waals surface area (Å²) in [4.78, 5) is 24.4. The maximum absolute atomic E-state index is 12.3. The van der Waals surface area contributed by atoms with Gasteiger partial charge in [0.2, 0.25) is 0 Å². The van der Waals surface area contributed by atoms with Crippen molar-refractivity contribution in [3.8, 4) is 11.8 Å². The van der Waals surface area contributed by atoms with Gasteiger partial charge in [-0.15, -0.1) is 11.3 Å².